The number of amides is 2. The zero-order chi connectivity index (χ0) is 34.4. The van der Waals surface area contributed by atoms with Gasteiger partial charge in [0.25, 0.3) is 10.0 Å². The highest BCUT2D eigenvalue weighted by Crippen LogP contribution is 2.38. The average Bonchev–Trinajstić information content (AvgIpc) is 3.02. The monoisotopic (exact) mass is 685 g/mol. The fourth-order valence-electron chi connectivity index (χ4n) is 4.96. The minimum Gasteiger partial charge on any atom is -0.352 e. The lowest BCUT2D eigenvalue weighted by atomic mass is 10.0. The molecule has 0 radical (unpaired) electrons. The molecule has 4 aromatic carbocycles. The summed E-state index contributed by atoms with van der Waals surface area (Å²) in [6, 6.07) is 24.7. The van der Waals surface area contributed by atoms with Crippen molar-refractivity contribution in [2.75, 3.05) is 10.8 Å². The van der Waals surface area contributed by atoms with Crippen LogP contribution in [0.3, 0.4) is 0 Å². The van der Waals surface area contributed by atoms with Crippen molar-refractivity contribution in [3.63, 3.8) is 0 Å². The molecule has 47 heavy (non-hydrogen) atoms. The molecule has 4 rings (SSSR count). The normalized spacial score (nSPS) is 12.4. The number of aryl methyl sites for hydroxylation is 1. The number of sulfonamides is 1. The Kier molecular flexibility index (Phi) is 11.4. The van der Waals surface area contributed by atoms with Crippen LogP contribution in [0.25, 0.3) is 0 Å². The third-order valence-corrected chi connectivity index (χ3v) is 9.45. The zero-order valence-corrected chi connectivity index (χ0v) is 27.6. The molecule has 7 nitrogen and oxygen atoms in total. The number of carbonyl (C=O) groups is 2. The van der Waals surface area contributed by atoms with E-state index in [9.17, 15) is 31.2 Å². The molecule has 1 atom stereocenters. The first-order valence-electron chi connectivity index (χ1n) is 14.8. The van der Waals surface area contributed by atoms with Gasteiger partial charge in [-0.3, -0.25) is 13.9 Å². The Hall–Kier alpha value is -4.35. The molecule has 4 aromatic rings. The molecule has 2 amide bonds. The summed E-state index contributed by atoms with van der Waals surface area (Å²) in [4.78, 5) is 29.2. The quantitative estimate of drug-likeness (QED) is 0.174. The van der Waals surface area contributed by atoms with Crippen LogP contribution in [0.1, 0.15) is 36.1 Å². The largest absolute Gasteiger partial charge is 0.417 e. The number of carbonyl (C=O) groups excluding carboxylic acids is 2. The zero-order valence-electron chi connectivity index (χ0n) is 26.0. The van der Waals surface area contributed by atoms with E-state index in [0.29, 0.717) is 15.9 Å². The molecule has 0 heterocycles. The smallest absolute Gasteiger partial charge is 0.352 e. The average molecular weight is 686 g/mol. The van der Waals surface area contributed by atoms with Crippen LogP contribution in [-0.4, -0.2) is 43.8 Å². The van der Waals surface area contributed by atoms with E-state index in [-0.39, 0.29) is 23.9 Å². The van der Waals surface area contributed by atoms with Crippen LogP contribution in [0.5, 0.6) is 0 Å². The van der Waals surface area contributed by atoms with E-state index in [1.807, 2.05) is 37.3 Å². The Bertz CT molecular complexity index is 1790. The van der Waals surface area contributed by atoms with Gasteiger partial charge in [0.2, 0.25) is 11.8 Å². The second kappa shape index (κ2) is 15.0. The highest BCUT2D eigenvalue weighted by Gasteiger charge is 2.37. The summed E-state index contributed by atoms with van der Waals surface area (Å²) in [6.45, 7) is 4.47. The van der Waals surface area contributed by atoms with Gasteiger partial charge in [0.15, 0.2) is 0 Å². The SMILES string of the molecule is Cc1ccc(CN(C(=O)CN(c2ccc(Cl)c(C(F)(F)F)c2)S(=O)(=O)c2ccccc2)[C@@H](Cc2ccccc2)C(=O)NC(C)C)cc1. The van der Waals surface area contributed by atoms with E-state index in [1.54, 1.807) is 44.2 Å². The Labute approximate surface area is 278 Å². The summed E-state index contributed by atoms with van der Waals surface area (Å²) in [5.41, 5.74) is 0.711. The van der Waals surface area contributed by atoms with Gasteiger partial charge >= 0.3 is 6.18 Å². The number of halogens is 4. The van der Waals surface area contributed by atoms with Gasteiger partial charge in [0.1, 0.15) is 12.6 Å². The van der Waals surface area contributed by atoms with Crippen molar-refractivity contribution in [1.29, 1.82) is 0 Å². The maximum Gasteiger partial charge on any atom is 0.417 e. The van der Waals surface area contributed by atoms with Crippen LogP contribution in [0.4, 0.5) is 18.9 Å². The third-order valence-electron chi connectivity index (χ3n) is 7.33. The number of hydrogen-bond donors (Lipinski definition) is 1. The first-order valence-corrected chi connectivity index (χ1v) is 16.6. The maximum absolute atomic E-state index is 14.4. The van der Waals surface area contributed by atoms with Crippen molar-refractivity contribution < 1.29 is 31.2 Å². The molecule has 0 unspecified atom stereocenters. The van der Waals surface area contributed by atoms with E-state index < -0.39 is 56.9 Å². The highest BCUT2D eigenvalue weighted by molar-refractivity contribution is 7.92. The summed E-state index contributed by atoms with van der Waals surface area (Å²) in [5.74, 6) is -1.26. The molecule has 1 N–H and O–H groups in total. The van der Waals surface area contributed by atoms with Crippen LogP contribution in [0, 0.1) is 6.92 Å². The fraction of sp³-hybridized carbons (Fsp3) is 0.257. The Morgan fingerprint density at radius 2 is 1.45 bits per heavy atom. The van der Waals surface area contributed by atoms with Crippen molar-refractivity contribution >= 4 is 39.1 Å². The van der Waals surface area contributed by atoms with Gasteiger partial charge in [-0.15, -0.1) is 0 Å². The molecule has 0 aliphatic rings. The second-order valence-electron chi connectivity index (χ2n) is 11.4. The molecule has 0 spiro atoms. The minimum absolute atomic E-state index is 0.0736. The molecule has 0 aliphatic heterocycles. The summed E-state index contributed by atoms with van der Waals surface area (Å²) < 4.78 is 70.4. The minimum atomic E-state index is -4.90. The molecular weight excluding hydrogens is 651 g/mol. The molecule has 0 bridgehead atoms. The Morgan fingerprint density at radius 3 is 2.02 bits per heavy atom. The van der Waals surface area contributed by atoms with E-state index in [2.05, 4.69) is 5.32 Å². The third kappa shape index (κ3) is 9.14. The lowest BCUT2D eigenvalue weighted by molar-refractivity contribution is -0.140. The van der Waals surface area contributed by atoms with Crippen molar-refractivity contribution in [3.05, 3.63) is 130 Å². The number of nitrogens with zero attached hydrogens (tertiary/aromatic N) is 2. The summed E-state index contributed by atoms with van der Waals surface area (Å²) in [7, 11) is -4.59. The number of benzene rings is 4. The lowest BCUT2D eigenvalue weighted by Gasteiger charge is -2.34. The number of anilines is 1. The van der Waals surface area contributed by atoms with Crippen molar-refractivity contribution in [2.24, 2.45) is 0 Å². The molecule has 0 aliphatic carbocycles. The van der Waals surface area contributed by atoms with Gasteiger partial charge in [0.05, 0.1) is 21.2 Å². The van der Waals surface area contributed by atoms with Gasteiger partial charge in [0, 0.05) is 19.0 Å². The Balaban J connectivity index is 1.85. The van der Waals surface area contributed by atoms with Gasteiger partial charge in [-0.1, -0.05) is 90.0 Å². The number of nitrogens with one attached hydrogen (secondary N) is 1. The van der Waals surface area contributed by atoms with Gasteiger partial charge < -0.3 is 10.2 Å². The standard InChI is InChI=1S/C35H35ClF3N3O4S/c1-24(2)40-34(44)32(20-26-10-6-4-7-11-26)41(22-27-16-14-25(3)15-17-27)33(43)23-42(47(45,46)29-12-8-5-9-13-29)28-18-19-31(36)30(21-28)35(37,38)39/h4-19,21,24,32H,20,22-23H2,1-3H3,(H,40,44)/t32-/m0/s1. The van der Waals surface area contributed by atoms with E-state index in [4.69, 9.17) is 11.6 Å². The molecular formula is C35H35ClF3N3O4S. The number of hydrogen-bond acceptors (Lipinski definition) is 4. The van der Waals surface area contributed by atoms with Gasteiger partial charge in [-0.05, 0) is 62.2 Å². The van der Waals surface area contributed by atoms with Crippen LogP contribution < -0.4 is 9.62 Å². The van der Waals surface area contributed by atoms with Crippen LogP contribution in [0.2, 0.25) is 5.02 Å². The topological polar surface area (TPSA) is 86.8 Å². The predicted octanol–water partition coefficient (Wildman–Crippen LogP) is 7.03. The van der Waals surface area contributed by atoms with Gasteiger partial charge in [-0.2, -0.15) is 13.2 Å². The molecule has 248 valence electrons. The van der Waals surface area contributed by atoms with E-state index in [0.717, 1.165) is 23.3 Å². The van der Waals surface area contributed by atoms with Crippen molar-refractivity contribution in [2.45, 2.75) is 56.9 Å². The predicted molar refractivity (Wildman–Crippen MR) is 176 cm³/mol. The second-order valence-corrected chi connectivity index (χ2v) is 13.6. The summed E-state index contributed by atoms with van der Waals surface area (Å²) in [6.07, 6.45) is -4.80. The first-order chi connectivity index (χ1) is 22.2. The van der Waals surface area contributed by atoms with Crippen LogP contribution >= 0.6 is 11.6 Å². The molecule has 12 heteroatoms. The summed E-state index contributed by atoms with van der Waals surface area (Å²) in [5, 5.41) is 2.23. The Morgan fingerprint density at radius 1 is 0.851 bits per heavy atom. The number of alkyl halides is 3. The molecule has 0 aromatic heterocycles. The number of rotatable bonds is 12. The van der Waals surface area contributed by atoms with E-state index >= 15 is 0 Å². The summed E-state index contributed by atoms with van der Waals surface area (Å²) >= 11 is 5.86. The maximum atomic E-state index is 14.4. The highest BCUT2D eigenvalue weighted by atomic mass is 35.5. The van der Waals surface area contributed by atoms with Gasteiger partial charge in [-0.25, -0.2) is 8.42 Å². The van der Waals surface area contributed by atoms with Crippen molar-refractivity contribution in [3.8, 4) is 0 Å². The molecule has 0 saturated heterocycles. The van der Waals surface area contributed by atoms with Crippen LogP contribution in [0.15, 0.2) is 108 Å². The fourth-order valence-corrected chi connectivity index (χ4v) is 6.61. The first kappa shape index (κ1) is 35.5. The van der Waals surface area contributed by atoms with E-state index in [1.165, 1.54) is 29.2 Å². The van der Waals surface area contributed by atoms with Crippen LogP contribution in [-0.2, 0) is 38.8 Å². The molecule has 0 saturated carbocycles. The van der Waals surface area contributed by atoms with Crippen molar-refractivity contribution in [1.82, 2.24) is 10.2 Å². The molecule has 0 fully saturated rings. The lowest BCUT2D eigenvalue weighted by Crippen LogP contribution is -2.54.